The van der Waals surface area contributed by atoms with Gasteiger partial charge in [0.25, 0.3) is 10.0 Å². The third kappa shape index (κ3) is 2.80. The van der Waals surface area contributed by atoms with Crippen molar-refractivity contribution in [3.8, 4) is 11.3 Å². The Bertz CT molecular complexity index is 943. The van der Waals surface area contributed by atoms with Crippen molar-refractivity contribution in [2.24, 2.45) is 0 Å². The minimum Gasteiger partial charge on any atom is -0.296 e. The Balaban J connectivity index is 2.21. The largest absolute Gasteiger partial charge is 0.296 e. The standard InChI is InChI=1S/C17H14N2O3S/c1-13-7-9-16(10-8-13)23(21,22)19-17(11-15(12-20)18-19)14-5-3-2-4-6-14/h2-12H,1H3. The molecule has 0 fully saturated rings. The molecule has 2 aromatic carbocycles. The quantitative estimate of drug-likeness (QED) is 0.691. The number of aromatic nitrogens is 2. The van der Waals surface area contributed by atoms with Crippen LogP contribution in [0.1, 0.15) is 16.1 Å². The number of nitrogens with zero attached hydrogens (tertiary/aromatic N) is 2. The van der Waals surface area contributed by atoms with E-state index in [1.54, 1.807) is 36.4 Å². The van der Waals surface area contributed by atoms with Gasteiger partial charge in [-0.3, -0.25) is 4.79 Å². The number of rotatable bonds is 4. The van der Waals surface area contributed by atoms with Crippen LogP contribution < -0.4 is 0 Å². The van der Waals surface area contributed by atoms with E-state index in [1.165, 1.54) is 18.2 Å². The van der Waals surface area contributed by atoms with Crippen LogP contribution in [-0.4, -0.2) is 23.9 Å². The Kier molecular flexibility index (Phi) is 3.83. The summed E-state index contributed by atoms with van der Waals surface area (Å²) >= 11 is 0. The molecular weight excluding hydrogens is 312 g/mol. The molecular formula is C17H14N2O3S. The fourth-order valence-corrected chi connectivity index (χ4v) is 3.54. The third-order valence-corrected chi connectivity index (χ3v) is 5.04. The lowest BCUT2D eigenvalue weighted by Gasteiger charge is -2.09. The van der Waals surface area contributed by atoms with Gasteiger partial charge in [0.2, 0.25) is 0 Å². The molecule has 0 unspecified atom stereocenters. The molecule has 6 heteroatoms. The van der Waals surface area contributed by atoms with Crippen LogP contribution in [0.15, 0.2) is 65.6 Å². The van der Waals surface area contributed by atoms with Crippen molar-refractivity contribution in [1.29, 1.82) is 0 Å². The number of carbonyl (C=O) groups is 1. The number of carbonyl (C=O) groups excluding carboxylic acids is 1. The smallest absolute Gasteiger partial charge is 0.283 e. The van der Waals surface area contributed by atoms with Crippen molar-refractivity contribution < 1.29 is 13.2 Å². The highest BCUT2D eigenvalue weighted by Gasteiger charge is 2.23. The Labute approximate surface area is 134 Å². The second-order valence-corrected chi connectivity index (χ2v) is 6.87. The van der Waals surface area contributed by atoms with Crippen LogP contribution in [0.3, 0.4) is 0 Å². The number of hydrogen-bond acceptors (Lipinski definition) is 4. The molecule has 5 nitrogen and oxygen atoms in total. The summed E-state index contributed by atoms with van der Waals surface area (Å²) in [5.74, 6) is 0. The number of hydrogen-bond donors (Lipinski definition) is 0. The molecule has 0 aliphatic carbocycles. The first kappa shape index (κ1) is 15.2. The van der Waals surface area contributed by atoms with E-state index in [-0.39, 0.29) is 10.6 Å². The average Bonchev–Trinajstić information content (AvgIpc) is 3.01. The van der Waals surface area contributed by atoms with Crippen molar-refractivity contribution in [2.45, 2.75) is 11.8 Å². The summed E-state index contributed by atoms with van der Waals surface area (Å²) in [7, 11) is -3.88. The van der Waals surface area contributed by atoms with Gasteiger partial charge < -0.3 is 0 Å². The fraction of sp³-hybridized carbons (Fsp3) is 0.0588. The maximum absolute atomic E-state index is 12.9. The zero-order chi connectivity index (χ0) is 16.4. The second-order valence-electron chi connectivity index (χ2n) is 5.10. The van der Waals surface area contributed by atoms with Gasteiger partial charge in [0.15, 0.2) is 6.29 Å². The molecule has 0 aliphatic rings. The molecule has 0 amide bonds. The van der Waals surface area contributed by atoms with E-state index >= 15 is 0 Å². The monoisotopic (exact) mass is 326 g/mol. The number of aldehydes is 1. The summed E-state index contributed by atoms with van der Waals surface area (Å²) < 4.78 is 26.6. The van der Waals surface area contributed by atoms with Gasteiger partial charge in [-0.05, 0) is 25.1 Å². The van der Waals surface area contributed by atoms with Crippen LogP contribution in [0, 0.1) is 6.92 Å². The Morgan fingerprint density at radius 1 is 1.00 bits per heavy atom. The molecule has 0 bridgehead atoms. The van der Waals surface area contributed by atoms with Crippen molar-refractivity contribution in [3.63, 3.8) is 0 Å². The summed E-state index contributed by atoms with van der Waals surface area (Å²) in [5.41, 5.74) is 2.05. The molecule has 23 heavy (non-hydrogen) atoms. The maximum Gasteiger partial charge on any atom is 0.283 e. The first-order valence-corrected chi connectivity index (χ1v) is 8.39. The topological polar surface area (TPSA) is 69.0 Å². The lowest BCUT2D eigenvalue weighted by Crippen LogP contribution is -2.16. The van der Waals surface area contributed by atoms with E-state index in [0.717, 1.165) is 9.65 Å². The van der Waals surface area contributed by atoms with E-state index < -0.39 is 10.0 Å². The van der Waals surface area contributed by atoms with Crippen LogP contribution in [0.4, 0.5) is 0 Å². The van der Waals surface area contributed by atoms with E-state index in [4.69, 9.17) is 0 Å². The lowest BCUT2D eigenvalue weighted by molar-refractivity contribution is 0.111. The molecule has 0 spiro atoms. The SMILES string of the molecule is Cc1ccc(S(=O)(=O)n2nc(C=O)cc2-c2ccccc2)cc1. The zero-order valence-electron chi connectivity index (χ0n) is 12.4. The average molecular weight is 326 g/mol. The minimum atomic E-state index is -3.88. The molecule has 1 aromatic heterocycles. The molecule has 0 atom stereocenters. The van der Waals surface area contributed by atoms with Gasteiger partial charge in [0.05, 0.1) is 10.6 Å². The predicted molar refractivity (Wildman–Crippen MR) is 86.8 cm³/mol. The first-order chi connectivity index (χ1) is 11.0. The first-order valence-electron chi connectivity index (χ1n) is 6.95. The van der Waals surface area contributed by atoms with Crippen LogP contribution in [-0.2, 0) is 10.0 Å². The Morgan fingerprint density at radius 2 is 1.65 bits per heavy atom. The molecule has 3 aromatic rings. The minimum absolute atomic E-state index is 0.0690. The van der Waals surface area contributed by atoms with Gasteiger partial charge >= 0.3 is 0 Å². The van der Waals surface area contributed by atoms with Gasteiger partial charge in [0, 0.05) is 5.56 Å². The van der Waals surface area contributed by atoms with E-state index in [2.05, 4.69) is 5.10 Å². The van der Waals surface area contributed by atoms with Crippen molar-refractivity contribution in [3.05, 3.63) is 71.9 Å². The molecule has 0 saturated carbocycles. The molecule has 0 aliphatic heterocycles. The molecule has 0 N–H and O–H groups in total. The summed E-state index contributed by atoms with van der Waals surface area (Å²) in [6.45, 7) is 1.88. The molecule has 1 heterocycles. The Hall–Kier alpha value is -2.73. The van der Waals surface area contributed by atoms with E-state index in [0.29, 0.717) is 17.5 Å². The van der Waals surface area contributed by atoms with Crippen molar-refractivity contribution in [1.82, 2.24) is 9.19 Å². The number of aryl methyl sites for hydroxylation is 1. The number of benzene rings is 2. The van der Waals surface area contributed by atoms with Crippen molar-refractivity contribution in [2.75, 3.05) is 0 Å². The predicted octanol–water partition coefficient (Wildman–Crippen LogP) is 2.91. The van der Waals surface area contributed by atoms with Gasteiger partial charge in [-0.2, -0.15) is 17.6 Å². The van der Waals surface area contributed by atoms with Crippen LogP contribution >= 0.6 is 0 Å². The Morgan fingerprint density at radius 3 is 2.26 bits per heavy atom. The van der Waals surface area contributed by atoms with E-state index in [1.807, 2.05) is 13.0 Å². The van der Waals surface area contributed by atoms with Crippen molar-refractivity contribution >= 4 is 16.3 Å². The summed E-state index contributed by atoms with van der Waals surface area (Å²) in [6.07, 6.45) is 0.535. The summed E-state index contributed by atoms with van der Waals surface area (Å²) in [6, 6.07) is 16.9. The van der Waals surface area contributed by atoms with E-state index in [9.17, 15) is 13.2 Å². The molecule has 3 rings (SSSR count). The highest BCUT2D eigenvalue weighted by atomic mass is 32.2. The fourth-order valence-electron chi connectivity index (χ4n) is 2.24. The highest BCUT2D eigenvalue weighted by Crippen LogP contribution is 2.24. The van der Waals surface area contributed by atoms with Crippen LogP contribution in [0.5, 0.6) is 0 Å². The molecule has 0 radical (unpaired) electrons. The normalized spacial score (nSPS) is 11.3. The van der Waals surface area contributed by atoms with Gasteiger partial charge in [-0.15, -0.1) is 0 Å². The summed E-state index contributed by atoms with van der Waals surface area (Å²) in [4.78, 5) is 11.2. The third-order valence-electron chi connectivity index (χ3n) is 3.43. The maximum atomic E-state index is 12.9. The molecule has 116 valence electrons. The van der Waals surface area contributed by atoms with Crippen LogP contribution in [0.25, 0.3) is 11.3 Å². The zero-order valence-corrected chi connectivity index (χ0v) is 13.2. The lowest BCUT2D eigenvalue weighted by atomic mass is 10.1. The van der Waals surface area contributed by atoms with Gasteiger partial charge in [-0.25, -0.2) is 0 Å². The summed E-state index contributed by atoms with van der Waals surface area (Å²) in [5, 5.41) is 3.94. The second kappa shape index (κ2) is 5.81. The highest BCUT2D eigenvalue weighted by molar-refractivity contribution is 7.90. The molecule has 0 saturated heterocycles. The van der Waals surface area contributed by atoms with Crippen LogP contribution in [0.2, 0.25) is 0 Å². The van der Waals surface area contributed by atoms with Gasteiger partial charge in [-0.1, -0.05) is 48.0 Å². The van der Waals surface area contributed by atoms with Gasteiger partial charge in [0.1, 0.15) is 5.69 Å².